The maximum absolute atomic E-state index is 11.9. The summed E-state index contributed by atoms with van der Waals surface area (Å²) in [5, 5.41) is 2.96. The second-order valence-corrected chi connectivity index (χ2v) is 5.57. The average molecular weight is 288 g/mol. The first-order valence-electron chi connectivity index (χ1n) is 5.55. The van der Waals surface area contributed by atoms with Gasteiger partial charge in [-0.3, -0.25) is 4.79 Å². The van der Waals surface area contributed by atoms with E-state index in [2.05, 4.69) is 28.2 Å². The molecule has 0 saturated heterocycles. The van der Waals surface area contributed by atoms with Gasteiger partial charge in [-0.15, -0.1) is 0 Å². The lowest BCUT2D eigenvalue weighted by atomic mass is 10.1. The summed E-state index contributed by atoms with van der Waals surface area (Å²) in [5.41, 5.74) is 0.650. The molecule has 0 bridgehead atoms. The third-order valence-corrected chi connectivity index (χ3v) is 2.74. The maximum Gasteiger partial charge on any atom is 0.255 e. The number of aryl methyl sites for hydroxylation is 1. The molecule has 0 fully saturated rings. The molecule has 2 unspecified atom stereocenters. The van der Waals surface area contributed by atoms with Crippen LogP contribution in [0.5, 0.6) is 0 Å². The van der Waals surface area contributed by atoms with E-state index in [4.69, 9.17) is 4.42 Å². The van der Waals surface area contributed by atoms with Crippen molar-refractivity contribution in [3.05, 3.63) is 23.7 Å². The number of carbonyl (C=O) groups is 1. The van der Waals surface area contributed by atoms with Crippen LogP contribution < -0.4 is 5.32 Å². The van der Waals surface area contributed by atoms with Gasteiger partial charge >= 0.3 is 0 Å². The van der Waals surface area contributed by atoms with Crippen molar-refractivity contribution in [2.75, 3.05) is 0 Å². The minimum absolute atomic E-state index is 0.0498. The summed E-state index contributed by atoms with van der Waals surface area (Å²) in [6.45, 7) is 6.04. The van der Waals surface area contributed by atoms with Crippen LogP contribution in [0.3, 0.4) is 0 Å². The Labute approximate surface area is 105 Å². The van der Waals surface area contributed by atoms with E-state index in [1.54, 1.807) is 12.3 Å². The van der Waals surface area contributed by atoms with Gasteiger partial charge in [0, 0.05) is 17.3 Å². The molecule has 0 aliphatic carbocycles. The fraction of sp³-hybridized carbons (Fsp3) is 0.583. The van der Waals surface area contributed by atoms with Gasteiger partial charge in [0.1, 0.15) is 5.76 Å². The first-order valence-corrected chi connectivity index (χ1v) is 6.47. The van der Waals surface area contributed by atoms with Crippen molar-refractivity contribution in [1.29, 1.82) is 0 Å². The predicted molar refractivity (Wildman–Crippen MR) is 68.0 cm³/mol. The van der Waals surface area contributed by atoms with Crippen molar-refractivity contribution in [3.8, 4) is 0 Å². The van der Waals surface area contributed by atoms with E-state index in [0.29, 0.717) is 10.4 Å². The molecule has 3 nitrogen and oxygen atoms in total. The van der Waals surface area contributed by atoms with Crippen molar-refractivity contribution in [3.63, 3.8) is 0 Å². The fourth-order valence-corrected chi connectivity index (χ4v) is 2.23. The number of nitrogens with one attached hydrogen (secondary N) is 1. The zero-order valence-electron chi connectivity index (χ0n) is 9.92. The largest absolute Gasteiger partial charge is 0.469 e. The molecule has 1 heterocycles. The molecule has 1 aromatic heterocycles. The lowest BCUT2D eigenvalue weighted by Crippen LogP contribution is -2.34. The first-order chi connectivity index (χ1) is 7.54. The Balaban J connectivity index is 2.58. The van der Waals surface area contributed by atoms with Gasteiger partial charge < -0.3 is 9.73 Å². The number of halogens is 1. The Morgan fingerprint density at radius 1 is 1.56 bits per heavy atom. The van der Waals surface area contributed by atoms with Gasteiger partial charge in [-0.2, -0.15) is 0 Å². The number of hydrogen-bond donors (Lipinski definition) is 1. The molecule has 90 valence electrons. The summed E-state index contributed by atoms with van der Waals surface area (Å²) in [6.07, 6.45) is 3.20. The zero-order valence-corrected chi connectivity index (χ0v) is 11.5. The molecule has 0 spiro atoms. The molecule has 1 rings (SSSR count). The van der Waals surface area contributed by atoms with Crippen molar-refractivity contribution in [1.82, 2.24) is 5.32 Å². The number of hydrogen-bond acceptors (Lipinski definition) is 2. The van der Waals surface area contributed by atoms with Crippen LogP contribution in [0, 0.1) is 0 Å². The molecule has 0 radical (unpaired) electrons. The molecule has 0 aliphatic heterocycles. The van der Waals surface area contributed by atoms with E-state index in [0.717, 1.165) is 18.6 Å². The van der Waals surface area contributed by atoms with Gasteiger partial charge in [0.25, 0.3) is 5.91 Å². The van der Waals surface area contributed by atoms with Crippen molar-refractivity contribution in [2.45, 2.75) is 44.5 Å². The van der Waals surface area contributed by atoms with Gasteiger partial charge in [0.2, 0.25) is 0 Å². The molecule has 0 saturated carbocycles. The van der Waals surface area contributed by atoms with Crippen LogP contribution in [0.15, 0.2) is 16.7 Å². The highest BCUT2D eigenvalue weighted by Crippen LogP contribution is 2.12. The molecular formula is C12H18BrNO2. The Hall–Kier alpha value is -0.770. The minimum Gasteiger partial charge on any atom is -0.469 e. The van der Waals surface area contributed by atoms with Crippen LogP contribution in [-0.2, 0) is 6.42 Å². The molecule has 2 atom stereocenters. The third kappa shape index (κ3) is 3.67. The molecule has 0 aliphatic rings. The van der Waals surface area contributed by atoms with Gasteiger partial charge in [-0.05, 0) is 19.4 Å². The highest BCUT2D eigenvalue weighted by molar-refractivity contribution is 9.09. The molecule has 16 heavy (non-hydrogen) atoms. The summed E-state index contributed by atoms with van der Waals surface area (Å²) < 4.78 is 5.23. The Kier molecular flexibility index (Phi) is 5.06. The second kappa shape index (κ2) is 6.09. The minimum atomic E-state index is -0.0498. The van der Waals surface area contributed by atoms with Gasteiger partial charge in [-0.1, -0.05) is 29.8 Å². The lowest BCUT2D eigenvalue weighted by Gasteiger charge is -2.14. The number of amides is 1. The van der Waals surface area contributed by atoms with Crippen molar-refractivity contribution in [2.24, 2.45) is 0 Å². The highest BCUT2D eigenvalue weighted by atomic mass is 79.9. The smallest absolute Gasteiger partial charge is 0.255 e. The number of furan rings is 1. The van der Waals surface area contributed by atoms with E-state index in [-0.39, 0.29) is 11.9 Å². The van der Waals surface area contributed by atoms with E-state index in [1.807, 2.05) is 13.8 Å². The highest BCUT2D eigenvalue weighted by Gasteiger charge is 2.15. The normalized spacial score (nSPS) is 14.5. The lowest BCUT2D eigenvalue weighted by molar-refractivity contribution is 0.0937. The maximum atomic E-state index is 11.9. The van der Waals surface area contributed by atoms with Crippen molar-refractivity contribution < 1.29 is 9.21 Å². The predicted octanol–water partition coefficient (Wildman–Crippen LogP) is 3.13. The van der Waals surface area contributed by atoms with Crippen LogP contribution >= 0.6 is 15.9 Å². The molecule has 1 aromatic rings. The topological polar surface area (TPSA) is 42.2 Å². The zero-order chi connectivity index (χ0) is 12.1. The van der Waals surface area contributed by atoms with Crippen molar-refractivity contribution >= 4 is 21.8 Å². The van der Waals surface area contributed by atoms with Crippen LogP contribution in [0.1, 0.15) is 43.3 Å². The summed E-state index contributed by atoms with van der Waals surface area (Å²) in [7, 11) is 0. The summed E-state index contributed by atoms with van der Waals surface area (Å²) in [6, 6.07) is 1.87. The Morgan fingerprint density at radius 2 is 2.25 bits per heavy atom. The summed E-state index contributed by atoms with van der Waals surface area (Å²) in [5.74, 6) is 0.697. The average Bonchev–Trinajstić information content (AvgIpc) is 2.63. The fourth-order valence-electron chi connectivity index (χ4n) is 1.66. The van der Waals surface area contributed by atoms with Crippen LogP contribution in [0.2, 0.25) is 0 Å². The van der Waals surface area contributed by atoms with Crippen LogP contribution in [0.4, 0.5) is 0 Å². The molecule has 1 N–H and O–H groups in total. The molecule has 4 heteroatoms. The van der Waals surface area contributed by atoms with Gasteiger partial charge in [0.05, 0.1) is 11.8 Å². The Morgan fingerprint density at radius 3 is 2.81 bits per heavy atom. The second-order valence-electron chi connectivity index (χ2n) is 4.00. The molecule has 0 aromatic carbocycles. The van der Waals surface area contributed by atoms with Crippen LogP contribution in [-0.4, -0.2) is 16.8 Å². The first kappa shape index (κ1) is 13.3. The quantitative estimate of drug-likeness (QED) is 0.846. The van der Waals surface area contributed by atoms with E-state index in [1.165, 1.54) is 0 Å². The van der Waals surface area contributed by atoms with E-state index >= 15 is 0 Å². The third-order valence-electron chi connectivity index (χ3n) is 2.37. The monoisotopic (exact) mass is 287 g/mol. The van der Waals surface area contributed by atoms with Gasteiger partial charge in [-0.25, -0.2) is 0 Å². The van der Waals surface area contributed by atoms with Crippen LogP contribution in [0.25, 0.3) is 0 Å². The number of alkyl halides is 1. The van der Waals surface area contributed by atoms with Gasteiger partial charge in [0.15, 0.2) is 0 Å². The van der Waals surface area contributed by atoms with E-state index in [9.17, 15) is 4.79 Å². The number of rotatable bonds is 5. The molecular weight excluding hydrogens is 270 g/mol. The summed E-state index contributed by atoms with van der Waals surface area (Å²) >= 11 is 3.47. The number of carbonyl (C=O) groups excluding carboxylic acids is 1. The molecule has 1 amide bonds. The van der Waals surface area contributed by atoms with E-state index < -0.39 is 0 Å². The Bertz CT molecular complexity index is 347. The standard InChI is InChI=1S/C12H18BrNO2/c1-4-11-10(5-6-16-11)12(15)14-9(3)7-8(2)13/h5-6,8-9H,4,7H2,1-3H3,(H,14,15). The SMILES string of the molecule is CCc1occc1C(=O)NC(C)CC(C)Br. The summed E-state index contributed by atoms with van der Waals surface area (Å²) in [4.78, 5) is 12.3.